The summed E-state index contributed by atoms with van der Waals surface area (Å²) in [4.78, 5) is 8.62. The predicted molar refractivity (Wildman–Crippen MR) is 109 cm³/mol. The first kappa shape index (κ1) is 16.4. The third-order valence-corrected chi connectivity index (χ3v) is 4.73. The van der Waals surface area contributed by atoms with Crippen molar-refractivity contribution in [2.45, 2.75) is 13.3 Å². The van der Waals surface area contributed by atoms with E-state index in [1.165, 1.54) is 0 Å². The number of benzene rings is 2. The van der Waals surface area contributed by atoms with Crippen LogP contribution < -0.4 is 5.32 Å². The van der Waals surface area contributed by atoms with Gasteiger partial charge in [-0.25, -0.2) is 0 Å². The molecule has 136 valence electrons. The monoisotopic (exact) mass is 367 g/mol. The van der Waals surface area contributed by atoms with E-state index in [4.69, 9.17) is 4.42 Å². The topological polar surface area (TPSA) is 76.7 Å². The molecule has 0 aliphatic rings. The van der Waals surface area contributed by atoms with Gasteiger partial charge in [-0.1, -0.05) is 36.4 Å². The lowest BCUT2D eigenvalue weighted by molar-refractivity contribution is 0.622. The van der Waals surface area contributed by atoms with Crippen molar-refractivity contribution in [2.24, 2.45) is 0 Å². The van der Waals surface area contributed by atoms with Gasteiger partial charge in [0, 0.05) is 29.6 Å². The SMILES string of the molecule is Cc1cccc2oc(Nc3nnc(Cc4ccncc4)c4ccccc34)nc12. The van der Waals surface area contributed by atoms with Crippen LogP contribution in [0.15, 0.2) is 71.4 Å². The van der Waals surface area contributed by atoms with Gasteiger partial charge in [0.25, 0.3) is 0 Å². The maximum Gasteiger partial charge on any atom is 0.301 e. The van der Waals surface area contributed by atoms with Gasteiger partial charge in [-0.15, -0.1) is 5.10 Å². The summed E-state index contributed by atoms with van der Waals surface area (Å²) in [6.07, 6.45) is 4.27. The quantitative estimate of drug-likeness (QED) is 0.491. The lowest BCUT2D eigenvalue weighted by Crippen LogP contribution is -2.02. The Hall–Kier alpha value is -3.80. The van der Waals surface area contributed by atoms with Crippen LogP contribution in [-0.4, -0.2) is 20.2 Å². The summed E-state index contributed by atoms with van der Waals surface area (Å²) in [7, 11) is 0. The Morgan fingerprint density at radius 3 is 2.54 bits per heavy atom. The highest BCUT2D eigenvalue weighted by Crippen LogP contribution is 2.28. The van der Waals surface area contributed by atoms with Crippen LogP contribution in [0.4, 0.5) is 11.8 Å². The number of rotatable bonds is 4. The fraction of sp³-hybridized carbons (Fsp3) is 0.0909. The third-order valence-electron chi connectivity index (χ3n) is 4.73. The second-order valence-corrected chi connectivity index (χ2v) is 6.64. The van der Waals surface area contributed by atoms with E-state index in [1.807, 2.05) is 55.5 Å². The van der Waals surface area contributed by atoms with Gasteiger partial charge >= 0.3 is 6.01 Å². The van der Waals surface area contributed by atoms with E-state index in [9.17, 15) is 0 Å². The molecule has 0 saturated carbocycles. The molecule has 0 saturated heterocycles. The molecule has 0 atom stereocenters. The van der Waals surface area contributed by atoms with Gasteiger partial charge in [-0.05, 0) is 36.2 Å². The third kappa shape index (κ3) is 2.95. The molecule has 0 spiro atoms. The second kappa shape index (κ2) is 6.74. The molecule has 5 rings (SSSR count). The largest absolute Gasteiger partial charge is 0.423 e. The molecular weight excluding hydrogens is 350 g/mol. The first-order valence-corrected chi connectivity index (χ1v) is 9.04. The smallest absolute Gasteiger partial charge is 0.301 e. The van der Waals surface area contributed by atoms with Crippen LogP contribution in [0, 0.1) is 6.92 Å². The van der Waals surface area contributed by atoms with Crippen LogP contribution in [-0.2, 0) is 6.42 Å². The van der Waals surface area contributed by atoms with Crippen molar-refractivity contribution in [1.82, 2.24) is 20.2 Å². The van der Waals surface area contributed by atoms with E-state index in [0.717, 1.165) is 38.7 Å². The molecule has 3 aromatic heterocycles. The lowest BCUT2D eigenvalue weighted by Gasteiger charge is -2.09. The zero-order chi connectivity index (χ0) is 18.9. The normalized spacial score (nSPS) is 11.2. The Bertz CT molecular complexity index is 1280. The molecule has 5 aromatic rings. The van der Waals surface area contributed by atoms with Crippen molar-refractivity contribution in [3.63, 3.8) is 0 Å². The van der Waals surface area contributed by atoms with Gasteiger partial charge in [0.15, 0.2) is 11.4 Å². The van der Waals surface area contributed by atoms with Gasteiger partial charge < -0.3 is 4.42 Å². The minimum absolute atomic E-state index is 0.408. The summed E-state index contributed by atoms with van der Waals surface area (Å²) < 4.78 is 5.83. The highest BCUT2D eigenvalue weighted by molar-refractivity contribution is 5.94. The Kier molecular flexibility index (Phi) is 3.94. The van der Waals surface area contributed by atoms with Crippen LogP contribution in [0.3, 0.4) is 0 Å². The Balaban J connectivity index is 1.55. The number of nitrogens with one attached hydrogen (secondary N) is 1. The van der Waals surface area contributed by atoms with Crippen LogP contribution >= 0.6 is 0 Å². The average molecular weight is 367 g/mol. The van der Waals surface area contributed by atoms with Gasteiger partial charge in [0.2, 0.25) is 0 Å². The van der Waals surface area contributed by atoms with E-state index >= 15 is 0 Å². The van der Waals surface area contributed by atoms with Crippen LogP contribution in [0.2, 0.25) is 0 Å². The first-order valence-electron chi connectivity index (χ1n) is 9.04. The number of aromatic nitrogens is 4. The molecule has 28 heavy (non-hydrogen) atoms. The average Bonchev–Trinajstić information content (AvgIpc) is 3.15. The highest BCUT2D eigenvalue weighted by atomic mass is 16.4. The van der Waals surface area contributed by atoms with E-state index in [-0.39, 0.29) is 0 Å². The number of oxazole rings is 1. The van der Waals surface area contributed by atoms with Crippen LogP contribution in [0.25, 0.3) is 21.9 Å². The molecule has 6 nitrogen and oxygen atoms in total. The van der Waals surface area contributed by atoms with Gasteiger partial charge in [0.1, 0.15) is 5.52 Å². The van der Waals surface area contributed by atoms with Crippen molar-refractivity contribution < 1.29 is 4.42 Å². The number of fused-ring (bicyclic) bond motifs is 2. The zero-order valence-electron chi connectivity index (χ0n) is 15.3. The summed E-state index contributed by atoms with van der Waals surface area (Å²) in [6.45, 7) is 2.01. The molecule has 0 radical (unpaired) electrons. The Morgan fingerprint density at radius 1 is 0.893 bits per heavy atom. The minimum atomic E-state index is 0.408. The molecule has 3 heterocycles. The maximum absolute atomic E-state index is 5.83. The number of hydrogen-bond donors (Lipinski definition) is 1. The number of para-hydroxylation sites is 1. The highest BCUT2D eigenvalue weighted by Gasteiger charge is 2.13. The van der Waals surface area contributed by atoms with Crippen molar-refractivity contribution in [2.75, 3.05) is 5.32 Å². The molecule has 0 unspecified atom stereocenters. The Morgan fingerprint density at radius 2 is 1.71 bits per heavy atom. The Labute approximate surface area is 161 Å². The number of nitrogens with zero attached hydrogens (tertiary/aromatic N) is 4. The summed E-state index contributed by atoms with van der Waals surface area (Å²) in [5.74, 6) is 0.623. The molecule has 0 bridgehead atoms. The fourth-order valence-electron chi connectivity index (χ4n) is 3.32. The molecule has 6 heteroatoms. The van der Waals surface area contributed by atoms with Gasteiger partial charge in [0.05, 0.1) is 5.69 Å². The number of anilines is 2. The van der Waals surface area contributed by atoms with Crippen molar-refractivity contribution >= 4 is 33.7 Å². The van der Waals surface area contributed by atoms with Crippen LogP contribution in [0.1, 0.15) is 16.8 Å². The van der Waals surface area contributed by atoms with Gasteiger partial charge in [-0.2, -0.15) is 10.1 Å². The van der Waals surface area contributed by atoms with E-state index in [2.05, 4.69) is 31.5 Å². The number of pyridine rings is 1. The zero-order valence-corrected chi connectivity index (χ0v) is 15.3. The predicted octanol–water partition coefficient (Wildman–Crippen LogP) is 4.81. The van der Waals surface area contributed by atoms with Crippen molar-refractivity contribution in [3.05, 3.63) is 83.8 Å². The second-order valence-electron chi connectivity index (χ2n) is 6.64. The maximum atomic E-state index is 5.83. The summed E-state index contributed by atoms with van der Waals surface area (Å²) in [5, 5.41) is 14.1. The fourth-order valence-corrected chi connectivity index (χ4v) is 3.32. The molecular formula is C22H17N5O. The lowest BCUT2D eigenvalue weighted by atomic mass is 10.1. The first-order chi connectivity index (χ1) is 13.8. The van der Waals surface area contributed by atoms with E-state index in [1.54, 1.807) is 12.4 Å². The molecule has 0 fully saturated rings. The number of aryl methyl sites for hydroxylation is 1. The molecule has 1 N–H and O–H groups in total. The van der Waals surface area contributed by atoms with Gasteiger partial charge in [-0.3, -0.25) is 10.3 Å². The van der Waals surface area contributed by atoms with Crippen molar-refractivity contribution in [1.29, 1.82) is 0 Å². The molecule has 2 aromatic carbocycles. The van der Waals surface area contributed by atoms with E-state index < -0.39 is 0 Å². The van der Waals surface area contributed by atoms with E-state index in [0.29, 0.717) is 18.3 Å². The molecule has 0 amide bonds. The summed E-state index contributed by atoms with van der Waals surface area (Å²) >= 11 is 0. The molecule has 0 aliphatic carbocycles. The standard InChI is InChI=1S/C22H17N5O/c1-14-5-4-8-19-20(14)24-22(28-19)25-21-17-7-3-2-6-16(17)18(26-27-21)13-15-9-11-23-12-10-15/h2-12H,13H2,1H3,(H,24,25,27). The van der Waals surface area contributed by atoms with Crippen molar-refractivity contribution in [3.8, 4) is 0 Å². The molecule has 0 aliphatic heterocycles. The summed E-state index contributed by atoms with van der Waals surface area (Å²) in [5.41, 5.74) is 4.72. The number of hydrogen-bond acceptors (Lipinski definition) is 6. The minimum Gasteiger partial charge on any atom is -0.423 e. The summed E-state index contributed by atoms with van der Waals surface area (Å²) in [6, 6.07) is 18.3. The van der Waals surface area contributed by atoms with Crippen LogP contribution in [0.5, 0.6) is 0 Å².